The number of methoxy groups -OCH3 is 1. The highest BCUT2D eigenvalue weighted by molar-refractivity contribution is 6.06. The fourth-order valence-electron chi connectivity index (χ4n) is 9.76. The van der Waals surface area contributed by atoms with E-state index in [-0.39, 0.29) is 39.1 Å². The molecule has 1 aromatic carbocycles. The number of rotatable bonds is 4. The molecule has 1 aromatic rings. The second-order valence-electron chi connectivity index (χ2n) is 15.6. The first-order valence-corrected chi connectivity index (χ1v) is 16.2. The van der Waals surface area contributed by atoms with Crippen LogP contribution in [0.15, 0.2) is 70.5 Å². The molecule has 5 aliphatic rings. The number of ether oxygens (including phenoxy) is 1. The lowest BCUT2D eigenvalue weighted by molar-refractivity contribution is -0.133. The maximum atomic E-state index is 14.0. The number of hydrogen-bond donors (Lipinski definition) is 2. The van der Waals surface area contributed by atoms with E-state index in [9.17, 15) is 14.7 Å². The first-order chi connectivity index (χ1) is 20.2. The molecule has 0 spiro atoms. The first kappa shape index (κ1) is 30.0. The summed E-state index contributed by atoms with van der Waals surface area (Å²) >= 11 is 0. The predicted octanol–water partition coefficient (Wildman–Crippen LogP) is 8.33. The second kappa shape index (κ2) is 9.97. The SMILES string of the molecule is COc1ccc(CNC(=O)[C@]2(C)CC[C@]3(C)CC[C@]4(C)C5=CC=C6C(=CC(=O)C(O)=C6C)[C@]5(C)CC[C@@]4(C)[C@@H](C3)C2)cc1. The Balaban J connectivity index is 1.33. The van der Waals surface area contributed by atoms with Crippen molar-refractivity contribution in [1.82, 2.24) is 5.32 Å². The van der Waals surface area contributed by atoms with E-state index >= 15 is 0 Å². The smallest absolute Gasteiger partial charge is 0.226 e. The average molecular weight is 584 g/mol. The Kier molecular flexibility index (Phi) is 6.95. The lowest BCUT2D eigenvalue weighted by atomic mass is 9.42. The van der Waals surface area contributed by atoms with E-state index in [1.807, 2.05) is 31.2 Å². The number of carbonyl (C=O) groups is 2. The summed E-state index contributed by atoms with van der Waals surface area (Å²) in [4.78, 5) is 26.8. The Morgan fingerprint density at radius 2 is 1.65 bits per heavy atom. The molecule has 230 valence electrons. The van der Waals surface area contributed by atoms with Gasteiger partial charge in [0, 0.05) is 22.9 Å². The van der Waals surface area contributed by atoms with Gasteiger partial charge in [-0.1, -0.05) is 64.5 Å². The Labute approximate surface area is 257 Å². The van der Waals surface area contributed by atoms with Crippen molar-refractivity contribution in [3.05, 3.63) is 76.1 Å². The van der Waals surface area contributed by atoms with Crippen molar-refractivity contribution < 1.29 is 19.4 Å². The Hall–Kier alpha value is -3.08. The molecule has 0 saturated heterocycles. The minimum Gasteiger partial charge on any atom is -0.504 e. The molecule has 6 atom stereocenters. The highest BCUT2D eigenvalue weighted by Crippen LogP contribution is 2.72. The van der Waals surface area contributed by atoms with E-state index in [1.54, 1.807) is 13.2 Å². The molecular formula is C38H49NO4. The van der Waals surface area contributed by atoms with Crippen LogP contribution >= 0.6 is 0 Å². The number of fused-ring (bicyclic) bond motifs is 8. The second-order valence-corrected chi connectivity index (χ2v) is 15.6. The van der Waals surface area contributed by atoms with Crippen molar-refractivity contribution in [1.29, 1.82) is 0 Å². The molecule has 3 saturated carbocycles. The van der Waals surface area contributed by atoms with Crippen LogP contribution in [-0.2, 0) is 16.1 Å². The highest BCUT2D eigenvalue weighted by atomic mass is 16.5. The van der Waals surface area contributed by atoms with Crippen LogP contribution < -0.4 is 10.1 Å². The van der Waals surface area contributed by atoms with Crippen LogP contribution in [0.25, 0.3) is 0 Å². The monoisotopic (exact) mass is 583 g/mol. The normalized spacial score (nSPS) is 38.7. The number of aliphatic hydroxyl groups is 1. The number of nitrogens with one attached hydrogen (secondary N) is 1. The number of hydrogen-bond acceptors (Lipinski definition) is 4. The van der Waals surface area contributed by atoms with Gasteiger partial charge in [-0.3, -0.25) is 9.59 Å². The first-order valence-electron chi connectivity index (χ1n) is 16.2. The molecule has 6 rings (SSSR count). The summed E-state index contributed by atoms with van der Waals surface area (Å²) in [7, 11) is 1.66. The molecule has 0 radical (unpaired) electrons. The zero-order valence-corrected chi connectivity index (χ0v) is 27.2. The highest BCUT2D eigenvalue weighted by Gasteiger charge is 2.63. The van der Waals surface area contributed by atoms with Crippen LogP contribution in [0.5, 0.6) is 5.75 Å². The van der Waals surface area contributed by atoms with Gasteiger partial charge in [0.25, 0.3) is 0 Å². The molecule has 2 bridgehead atoms. The average Bonchev–Trinajstić information content (AvgIpc) is 3.18. The van der Waals surface area contributed by atoms with Crippen LogP contribution in [0.3, 0.4) is 0 Å². The van der Waals surface area contributed by atoms with E-state index in [0.29, 0.717) is 18.0 Å². The summed E-state index contributed by atoms with van der Waals surface area (Å²) in [6.45, 7) is 14.4. The minimum atomic E-state index is -0.428. The zero-order chi connectivity index (χ0) is 31.0. The Morgan fingerprint density at radius 3 is 2.35 bits per heavy atom. The number of ketones is 1. The van der Waals surface area contributed by atoms with Crippen molar-refractivity contribution in [3.63, 3.8) is 0 Å². The van der Waals surface area contributed by atoms with Crippen LogP contribution in [0.2, 0.25) is 0 Å². The number of amides is 1. The van der Waals surface area contributed by atoms with Crippen molar-refractivity contribution in [2.45, 2.75) is 99.5 Å². The fourth-order valence-corrected chi connectivity index (χ4v) is 9.76. The van der Waals surface area contributed by atoms with Gasteiger partial charge < -0.3 is 15.2 Å². The van der Waals surface area contributed by atoms with Gasteiger partial charge in [-0.2, -0.15) is 0 Å². The molecule has 0 heterocycles. The lowest BCUT2D eigenvalue weighted by Gasteiger charge is -2.62. The maximum absolute atomic E-state index is 14.0. The third kappa shape index (κ3) is 4.47. The molecule has 0 unspecified atom stereocenters. The van der Waals surface area contributed by atoms with Crippen molar-refractivity contribution in [2.75, 3.05) is 7.11 Å². The Morgan fingerprint density at radius 1 is 0.953 bits per heavy atom. The number of aliphatic hydroxyl groups excluding tert-OH is 1. The zero-order valence-electron chi connectivity index (χ0n) is 27.2. The number of allylic oxidation sites excluding steroid dienone is 7. The van der Waals surface area contributed by atoms with Gasteiger partial charge in [0.05, 0.1) is 7.11 Å². The molecule has 0 aromatic heterocycles. The van der Waals surface area contributed by atoms with Crippen molar-refractivity contribution in [2.24, 2.45) is 33.0 Å². The van der Waals surface area contributed by atoms with E-state index in [0.717, 1.165) is 73.8 Å². The Bertz CT molecular complexity index is 1500. The minimum absolute atomic E-state index is 0.0234. The summed E-state index contributed by atoms with van der Waals surface area (Å²) in [5.41, 5.74) is 4.76. The van der Waals surface area contributed by atoms with Gasteiger partial charge in [-0.15, -0.1) is 0 Å². The molecule has 3 fully saturated rings. The van der Waals surface area contributed by atoms with Crippen LogP contribution in [0.1, 0.15) is 98.5 Å². The third-order valence-corrected chi connectivity index (χ3v) is 13.2. The lowest BCUT2D eigenvalue weighted by Crippen LogP contribution is -2.54. The third-order valence-electron chi connectivity index (χ3n) is 13.2. The van der Waals surface area contributed by atoms with E-state index in [2.05, 4.69) is 52.1 Å². The van der Waals surface area contributed by atoms with Gasteiger partial charge in [-0.25, -0.2) is 0 Å². The summed E-state index contributed by atoms with van der Waals surface area (Å²) in [6.07, 6.45) is 14.5. The molecule has 5 nitrogen and oxygen atoms in total. The van der Waals surface area contributed by atoms with Crippen molar-refractivity contribution >= 4 is 11.7 Å². The summed E-state index contributed by atoms with van der Waals surface area (Å²) in [5, 5.41) is 13.8. The number of carbonyl (C=O) groups excluding carboxylic acids is 2. The molecule has 43 heavy (non-hydrogen) atoms. The summed E-state index contributed by atoms with van der Waals surface area (Å²) < 4.78 is 5.30. The summed E-state index contributed by atoms with van der Waals surface area (Å²) in [6, 6.07) is 7.92. The van der Waals surface area contributed by atoms with E-state index in [4.69, 9.17) is 4.74 Å². The van der Waals surface area contributed by atoms with Crippen LogP contribution in [0, 0.1) is 33.0 Å². The van der Waals surface area contributed by atoms with Crippen molar-refractivity contribution in [3.8, 4) is 5.75 Å². The number of benzene rings is 1. The fraction of sp³-hybridized carbons (Fsp3) is 0.579. The standard InChI is InChI=1S/C38H49NO4/c1-24-28-12-13-31-36(4,29(28)20-30(40)32(24)41)17-19-37(5)26-21-34(2,15-18-38(31,37)6)14-16-35(3,22-26)33(42)39-23-25-8-10-27(43-7)11-9-25/h8-13,20,26,41H,14-19,21-23H2,1-7H3,(H,39,42)/t26-,34+,35+,36-,37-,38+/m0/s1. The van der Waals surface area contributed by atoms with Crippen LogP contribution in [0.4, 0.5) is 0 Å². The maximum Gasteiger partial charge on any atom is 0.226 e. The molecule has 0 aliphatic heterocycles. The quantitative estimate of drug-likeness (QED) is 0.374. The largest absolute Gasteiger partial charge is 0.504 e. The van der Waals surface area contributed by atoms with E-state index in [1.165, 1.54) is 5.57 Å². The molecule has 2 N–H and O–H groups in total. The molecule has 5 aliphatic carbocycles. The molecule has 5 heteroatoms. The topological polar surface area (TPSA) is 75.6 Å². The van der Waals surface area contributed by atoms with Gasteiger partial charge in [0.15, 0.2) is 5.76 Å². The predicted molar refractivity (Wildman–Crippen MR) is 170 cm³/mol. The molecular weight excluding hydrogens is 534 g/mol. The molecule has 1 amide bonds. The van der Waals surface area contributed by atoms with Gasteiger partial charge >= 0.3 is 0 Å². The van der Waals surface area contributed by atoms with Gasteiger partial charge in [0.2, 0.25) is 11.7 Å². The van der Waals surface area contributed by atoms with Gasteiger partial charge in [0.1, 0.15) is 5.75 Å². The van der Waals surface area contributed by atoms with Gasteiger partial charge in [-0.05, 0) is 115 Å². The van der Waals surface area contributed by atoms with Crippen LogP contribution in [-0.4, -0.2) is 23.9 Å². The summed E-state index contributed by atoms with van der Waals surface area (Å²) in [5.74, 6) is 0.995. The van der Waals surface area contributed by atoms with E-state index < -0.39 is 5.41 Å².